The quantitative estimate of drug-likeness (QED) is 0.0476. The molecular formula is C65H102B2O4. The highest BCUT2D eigenvalue weighted by molar-refractivity contribution is 6.62. The molecule has 0 amide bonds. The van der Waals surface area contributed by atoms with Gasteiger partial charge >= 0.3 is 14.2 Å². The molecule has 2 aliphatic carbocycles. The SMILES string of the molecule is CCCCCCCCCC1(CCCCCCCC)c2cc(B3OC(C)(C)C(C)(C)O3)ccc2-c2cc3c(cc21)-c1ccc(B2OC(C)(C)C(C)(C)O2)cc1C3(CCCCCCCC)CCCCCCCC. The predicted molar refractivity (Wildman–Crippen MR) is 307 cm³/mol. The Morgan fingerprint density at radius 3 is 0.803 bits per heavy atom. The lowest BCUT2D eigenvalue weighted by Crippen LogP contribution is -2.41. The van der Waals surface area contributed by atoms with Gasteiger partial charge in [-0.05, 0) is 149 Å². The molecule has 1 atom stereocenters. The average molecular weight is 969 g/mol. The number of unbranched alkanes of at least 4 members (excludes halogenated alkanes) is 21. The molecule has 3 aromatic carbocycles. The maximum atomic E-state index is 6.83. The van der Waals surface area contributed by atoms with E-state index in [9.17, 15) is 0 Å². The van der Waals surface area contributed by atoms with Crippen molar-refractivity contribution in [1.29, 1.82) is 0 Å². The van der Waals surface area contributed by atoms with E-state index in [1.165, 1.54) is 231 Å². The van der Waals surface area contributed by atoms with Crippen LogP contribution in [0.15, 0.2) is 48.5 Å². The van der Waals surface area contributed by atoms with E-state index in [-0.39, 0.29) is 36.3 Å². The van der Waals surface area contributed by atoms with Gasteiger partial charge in [0.15, 0.2) is 0 Å². The third-order valence-corrected chi connectivity index (χ3v) is 19.0. The molecule has 392 valence electrons. The van der Waals surface area contributed by atoms with Gasteiger partial charge in [-0.25, -0.2) is 0 Å². The van der Waals surface area contributed by atoms with Gasteiger partial charge in [-0.15, -0.1) is 0 Å². The summed E-state index contributed by atoms with van der Waals surface area (Å²) in [6.07, 6.45) is 37.6. The maximum absolute atomic E-state index is 6.83. The summed E-state index contributed by atoms with van der Waals surface area (Å²) in [5, 5.41) is 0. The second kappa shape index (κ2) is 24.5. The van der Waals surface area contributed by atoms with E-state index in [0.29, 0.717) is 0 Å². The van der Waals surface area contributed by atoms with Crippen molar-refractivity contribution in [2.24, 2.45) is 0 Å². The first kappa shape index (κ1) is 56.4. The lowest BCUT2D eigenvalue weighted by Gasteiger charge is -2.35. The standard InChI is InChI=1S/C65H102B2O4/c1-13-17-21-25-29-33-37-45-65(44-36-32-28-24-20-16-4)57-47-51(67-70-62(9,10)63(11,12)71-67)39-41-53(57)55-48-58-54(49-59(55)65)52-40-38-50(66-68-60(5,6)61(7,8)69-66)46-56(52)64(58,42-34-30-26-22-18-14-2)43-35-31-27-23-19-15-3/h38-41,46-49H,13-37,42-45H2,1-12H3. The van der Waals surface area contributed by atoms with Crippen molar-refractivity contribution in [1.82, 2.24) is 0 Å². The molecule has 2 heterocycles. The minimum Gasteiger partial charge on any atom is -0.399 e. The Morgan fingerprint density at radius 1 is 0.296 bits per heavy atom. The lowest BCUT2D eigenvalue weighted by atomic mass is 9.67. The van der Waals surface area contributed by atoms with Crippen LogP contribution in [-0.2, 0) is 29.4 Å². The van der Waals surface area contributed by atoms with Gasteiger partial charge in [0.05, 0.1) is 22.4 Å². The zero-order valence-electron chi connectivity index (χ0n) is 47.9. The lowest BCUT2D eigenvalue weighted by molar-refractivity contribution is 0.00578. The summed E-state index contributed by atoms with van der Waals surface area (Å²) >= 11 is 0. The van der Waals surface area contributed by atoms with Gasteiger partial charge in [-0.2, -0.15) is 0 Å². The van der Waals surface area contributed by atoms with Crippen molar-refractivity contribution in [2.45, 2.75) is 303 Å². The van der Waals surface area contributed by atoms with Gasteiger partial charge in [-0.1, -0.05) is 225 Å². The van der Waals surface area contributed by atoms with Crippen molar-refractivity contribution in [3.8, 4) is 22.3 Å². The van der Waals surface area contributed by atoms with Crippen LogP contribution in [0.4, 0.5) is 0 Å². The van der Waals surface area contributed by atoms with Crippen LogP contribution >= 0.6 is 0 Å². The summed E-state index contributed by atoms with van der Waals surface area (Å²) in [4.78, 5) is 0. The fourth-order valence-corrected chi connectivity index (χ4v) is 13.1. The molecule has 0 N–H and O–H groups in total. The predicted octanol–water partition coefficient (Wildman–Crippen LogP) is 18.2. The van der Waals surface area contributed by atoms with Gasteiger partial charge < -0.3 is 18.6 Å². The third-order valence-electron chi connectivity index (χ3n) is 19.0. The largest absolute Gasteiger partial charge is 0.494 e. The third kappa shape index (κ3) is 12.2. The molecule has 0 spiro atoms. The number of hydrogen-bond acceptors (Lipinski definition) is 4. The van der Waals surface area contributed by atoms with E-state index in [1.807, 2.05) is 0 Å². The summed E-state index contributed by atoms with van der Waals surface area (Å²) in [6.45, 7) is 26.9. The molecule has 0 radical (unpaired) electrons. The van der Waals surface area contributed by atoms with Crippen LogP contribution in [0.25, 0.3) is 22.3 Å². The first-order valence-corrected chi connectivity index (χ1v) is 30.2. The average Bonchev–Trinajstić information content (AvgIpc) is 3.93. The molecule has 7 rings (SSSR count). The van der Waals surface area contributed by atoms with Crippen LogP contribution in [-0.4, -0.2) is 36.6 Å². The smallest absolute Gasteiger partial charge is 0.399 e. The Kier molecular flexibility index (Phi) is 19.5. The molecule has 71 heavy (non-hydrogen) atoms. The van der Waals surface area contributed by atoms with Gasteiger partial charge in [0.25, 0.3) is 0 Å². The summed E-state index contributed by atoms with van der Waals surface area (Å²) in [7, 11) is -0.756. The van der Waals surface area contributed by atoms with Crippen molar-refractivity contribution >= 4 is 25.2 Å². The number of fused-ring (bicyclic) bond motifs is 6. The highest BCUT2D eigenvalue weighted by Gasteiger charge is 2.55. The molecule has 3 aromatic rings. The summed E-state index contributed by atoms with van der Waals surface area (Å²) in [6, 6.07) is 20.4. The molecule has 4 nitrogen and oxygen atoms in total. The Morgan fingerprint density at radius 2 is 0.535 bits per heavy atom. The monoisotopic (exact) mass is 969 g/mol. The molecule has 2 aliphatic heterocycles. The normalized spacial score (nSPS) is 20.7. The van der Waals surface area contributed by atoms with E-state index in [0.717, 1.165) is 0 Å². The van der Waals surface area contributed by atoms with Crippen LogP contribution in [0.1, 0.15) is 292 Å². The fraction of sp³-hybridized carbons (Fsp3) is 0.723. The Hall–Kier alpha value is -2.37. The van der Waals surface area contributed by atoms with E-state index in [1.54, 1.807) is 11.1 Å². The topological polar surface area (TPSA) is 36.9 Å². The molecule has 0 bridgehead atoms. The molecule has 0 saturated carbocycles. The van der Waals surface area contributed by atoms with Crippen molar-refractivity contribution in [3.63, 3.8) is 0 Å². The summed E-state index contributed by atoms with van der Waals surface area (Å²) < 4.78 is 27.3. The highest BCUT2D eigenvalue weighted by Crippen LogP contribution is 2.61. The molecule has 2 saturated heterocycles. The first-order valence-electron chi connectivity index (χ1n) is 30.2. The van der Waals surface area contributed by atoms with Gasteiger partial charge in [0.2, 0.25) is 0 Å². The van der Waals surface area contributed by atoms with Crippen LogP contribution in [0, 0.1) is 0 Å². The molecule has 6 heteroatoms. The van der Waals surface area contributed by atoms with Crippen LogP contribution < -0.4 is 10.9 Å². The minimum absolute atomic E-state index is 0.0688. The minimum atomic E-state index is -0.390. The van der Waals surface area contributed by atoms with Gasteiger partial charge in [0.1, 0.15) is 0 Å². The van der Waals surface area contributed by atoms with Crippen molar-refractivity contribution < 1.29 is 18.6 Å². The maximum Gasteiger partial charge on any atom is 0.494 e. The summed E-state index contributed by atoms with van der Waals surface area (Å²) in [5.41, 5.74) is 12.8. The summed E-state index contributed by atoms with van der Waals surface area (Å²) in [5.74, 6) is 0. The van der Waals surface area contributed by atoms with Gasteiger partial charge in [0, 0.05) is 10.8 Å². The molecule has 4 aliphatic rings. The second-order valence-corrected chi connectivity index (χ2v) is 25.3. The number of benzene rings is 3. The van der Waals surface area contributed by atoms with E-state index in [2.05, 4.69) is 132 Å². The zero-order chi connectivity index (χ0) is 50.9. The van der Waals surface area contributed by atoms with Crippen LogP contribution in [0.5, 0.6) is 0 Å². The second-order valence-electron chi connectivity index (χ2n) is 25.3. The van der Waals surface area contributed by atoms with E-state index < -0.39 is 11.2 Å². The highest BCUT2D eigenvalue weighted by atomic mass is 16.7. The first-order chi connectivity index (χ1) is 34.0. The van der Waals surface area contributed by atoms with Crippen molar-refractivity contribution in [3.05, 3.63) is 70.8 Å². The molecular weight excluding hydrogens is 866 g/mol. The Labute approximate surface area is 437 Å². The zero-order valence-corrected chi connectivity index (χ0v) is 47.9. The Balaban J connectivity index is 1.39. The van der Waals surface area contributed by atoms with E-state index in [4.69, 9.17) is 18.6 Å². The van der Waals surface area contributed by atoms with E-state index >= 15 is 0 Å². The van der Waals surface area contributed by atoms with Crippen molar-refractivity contribution in [2.75, 3.05) is 0 Å². The number of hydrogen-bond donors (Lipinski definition) is 0. The molecule has 2 fully saturated rings. The van der Waals surface area contributed by atoms with Gasteiger partial charge in [-0.3, -0.25) is 0 Å². The Bertz CT molecular complexity index is 2120. The fourth-order valence-electron chi connectivity index (χ4n) is 13.1. The number of rotatable bonds is 31. The van der Waals surface area contributed by atoms with Crippen LogP contribution in [0.3, 0.4) is 0 Å². The molecule has 1 unspecified atom stereocenters. The van der Waals surface area contributed by atoms with Crippen LogP contribution in [0.2, 0.25) is 0 Å². The molecule has 0 aromatic heterocycles.